The molecule has 1 saturated carbocycles. The Balaban J connectivity index is 1.64. The quantitative estimate of drug-likeness (QED) is 0.835. The average Bonchev–Trinajstić information content (AvgIpc) is 3.17. The van der Waals surface area contributed by atoms with Gasteiger partial charge in [0.2, 0.25) is 0 Å². The van der Waals surface area contributed by atoms with Gasteiger partial charge in [-0.1, -0.05) is 43.2 Å². The van der Waals surface area contributed by atoms with Crippen LogP contribution in [0.25, 0.3) is 0 Å². The maximum Gasteiger partial charge on any atom is 0.271 e. The second-order valence-electron chi connectivity index (χ2n) is 6.52. The molecule has 25 heavy (non-hydrogen) atoms. The molecule has 2 aromatic rings. The van der Waals surface area contributed by atoms with Crippen LogP contribution in [-0.2, 0) is 6.54 Å². The molecule has 132 valence electrons. The van der Waals surface area contributed by atoms with Gasteiger partial charge in [0.15, 0.2) is 0 Å². The van der Waals surface area contributed by atoms with Gasteiger partial charge in [0.05, 0.1) is 12.6 Å². The van der Waals surface area contributed by atoms with Crippen molar-refractivity contribution >= 4 is 5.91 Å². The summed E-state index contributed by atoms with van der Waals surface area (Å²) in [7, 11) is 0. The predicted molar refractivity (Wildman–Crippen MR) is 94.3 cm³/mol. The highest BCUT2D eigenvalue weighted by Gasteiger charge is 2.23. The zero-order chi connectivity index (χ0) is 17.6. The Labute approximate surface area is 146 Å². The number of hydrogen-bond donors (Lipinski definition) is 2. The minimum atomic E-state index is -0.526. The summed E-state index contributed by atoms with van der Waals surface area (Å²) < 4.78 is 1.28. The van der Waals surface area contributed by atoms with Crippen LogP contribution in [0, 0.1) is 5.92 Å². The fourth-order valence-electron chi connectivity index (χ4n) is 3.24. The molecule has 1 fully saturated rings. The van der Waals surface area contributed by atoms with Gasteiger partial charge >= 0.3 is 0 Å². The first-order valence-electron chi connectivity index (χ1n) is 8.72. The van der Waals surface area contributed by atoms with E-state index in [0.717, 1.165) is 31.2 Å². The van der Waals surface area contributed by atoms with Crippen LogP contribution in [-0.4, -0.2) is 33.4 Å². The summed E-state index contributed by atoms with van der Waals surface area (Å²) in [5.74, 6) is -0.112. The van der Waals surface area contributed by atoms with Crippen LogP contribution < -0.4 is 10.9 Å². The number of aliphatic hydroxyl groups excluding tert-OH is 1. The number of rotatable bonds is 6. The number of nitrogens with zero attached hydrogens (tertiary/aromatic N) is 2. The highest BCUT2D eigenvalue weighted by Crippen LogP contribution is 2.27. The van der Waals surface area contributed by atoms with Gasteiger partial charge in [-0.05, 0) is 30.4 Å². The minimum absolute atomic E-state index is 0.175. The van der Waals surface area contributed by atoms with E-state index in [0.29, 0.717) is 6.54 Å². The van der Waals surface area contributed by atoms with Crippen LogP contribution in [0.15, 0.2) is 47.3 Å². The van der Waals surface area contributed by atoms with Gasteiger partial charge in [0, 0.05) is 12.6 Å². The summed E-state index contributed by atoms with van der Waals surface area (Å²) in [4.78, 5) is 24.2. The third-order valence-corrected chi connectivity index (χ3v) is 4.69. The normalized spacial score (nSPS) is 15.9. The fraction of sp³-hybridized carbons (Fsp3) is 0.421. The number of aliphatic hydroxyl groups is 1. The summed E-state index contributed by atoms with van der Waals surface area (Å²) in [6.45, 7) is 0.522. The van der Waals surface area contributed by atoms with Crippen LogP contribution in [0.3, 0.4) is 0 Å². The predicted octanol–water partition coefficient (Wildman–Crippen LogP) is 1.57. The lowest BCUT2D eigenvalue weighted by Gasteiger charge is -2.18. The monoisotopic (exact) mass is 341 g/mol. The molecule has 6 nitrogen and oxygen atoms in total. The lowest BCUT2D eigenvalue weighted by Crippen LogP contribution is -2.37. The van der Waals surface area contributed by atoms with Crippen molar-refractivity contribution in [2.24, 2.45) is 5.92 Å². The average molecular weight is 341 g/mol. The molecule has 1 atom stereocenters. The van der Waals surface area contributed by atoms with Gasteiger partial charge in [-0.3, -0.25) is 9.59 Å². The molecule has 1 aromatic heterocycles. The molecule has 0 spiro atoms. The van der Waals surface area contributed by atoms with E-state index in [2.05, 4.69) is 10.4 Å². The molecule has 2 N–H and O–H groups in total. The smallest absolute Gasteiger partial charge is 0.271 e. The van der Waals surface area contributed by atoms with Crippen molar-refractivity contribution in [1.82, 2.24) is 15.1 Å². The van der Waals surface area contributed by atoms with Gasteiger partial charge in [-0.15, -0.1) is 0 Å². The molecule has 1 heterocycles. The summed E-state index contributed by atoms with van der Waals surface area (Å²) in [6.07, 6.45) is 3.78. The Morgan fingerprint density at radius 1 is 1.20 bits per heavy atom. The van der Waals surface area contributed by atoms with E-state index in [4.69, 9.17) is 0 Å². The van der Waals surface area contributed by atoms with Crippen LogP contribution in [0.1, 0.15) is 41.7 Å². The molecule has 0 saturated heterocycles. The van der Waals surface area contributed by atoms with E-state index < -0.39 is 6.10 Å². The SMILES string of the molecule is O=C(NCC(O)C1CCCC1)c1ccc(=O)n(Cc2ccccc2)n1. The van der Waals surface area contributed by atoms with Crippen LogP contribution in [0.5, 0.6) is 0 Å². The van der Waals surface area contributed by atoms with Crippen molar-refractivity contribution in [3.05, 3.63) is 64.1 Å². The van der Waals surface area contributed by atoms with Gasteiger partial charge in [-0.2, -0.15) is 5.10 Å². The fourth-order valence-corrected chi connectivity index (χ4v) is 3.24. The molecular weight excluding hydrogens is 318 g/mol. The molecule has 1 aliphatic carbocycles. The number of nitrogens with one attached hydrogen (secondary N) is 1. The zero-order valence-electron chi connectivity index (χ0n) is 14.1. The van der Waals surface area contributed by atoms with Gasteiger partial charge in [-0.25, -0.2) is 4.68 Å². The van der Waals surface area contributed by atoms with Gasteiger partial charge in [0.1, 0.15) is 5.69 Å². The Kier molecular flexibility index (Phi) is 5.60. The van der Waals surface area contributed by atoms with Gasteiger partial charge < -0.3 is 10.4 Å². The number of aromatic nitrogens is 2. The minimum Gasteiger partial charge on any atom is -0.391 e. The van der Waals surface area contributed by atoms with Crippen molar-refractivity contribution < 1.29 is 9.90 Å². The van der Waals surface area contributed by atoms with Crippen molar-refractivity contribution in [1.29, 1.82) is 0 Å². The largest absolute Gasteiger partial charge is 0.391 e. The Hall–Kier alpha value is -2.47. The Bertz CT molecular complexity index is 767. The molecule has 0 aliphatic heterocycles. The lowest BCUT2D eigenvalue weighted by atomic mass is 10.0. The number of hydrogen-bond acceptors (Lipinski definition) is 4. The molecule has 1 amide bonds. The molecule has 0 radical (unpaired) electrons. The number of carbonyl (C=O) groups is 1. The molecule has 1 aliphatic rings. The number of amides is 1. The topological polar surface area (TPSA) is 84.2 Å². The molecule has 6 heteroatoms. The van der Waals surface area contributed by atoms with E-state index in [1.165, 1.54) is 16.8 Å². The van der Waals surface area contributed by atoms with Crippen molar-refractivity contribution in [2.45, 2.75) is 38.3 Å². The lowest BCUT2D eigenvalue weighted by molar-refractivity contribution is 0.0834. The van der Waals surface area contributed by atoms with E-state index >= 15 is 0 Å². The Morgan fingerprint density at radius 3 is 2.64 bits per heavy atom. The third-order valence-electron chi connectivity index (χ3n) is 4.69. The summed E-state index contributed by atoms with van der Waals surface area (Å²) in [6, 6.07) is 12.2. The first kappa shape index (κ1) is 17.4. The van der Waals surface area contributed by atoms with Crippen molar-refractivity contribution in [2.75, 3.05) is 6.54 Å². The second kappa shape index (κ2) is 8.07. The first-order chi connectivity index (χ1) is 12.1. The zero-order valence-corrected chi connectivity index (χ0v) is 14.1. The molecular formula is C19H23N3O3. The van der Waals surface area contributed by atoms with Crippen LogP contribution >= 0.6 is 0 Å². The maximum absolute atomic E-state index is 12.3. The van der Waals surface area contributed by atoms with Crippen LogP contribution in [0.2, 0.25) is 0 Å². The first-order valence-corrected chi connectivity index (χ1v) is 8.72. The second-order valence-corrected chi connectivity index (χ2v) is 6.52. The standard InChI is InChI=1S/C19H23N3O3/c23-17(15-8-4-5-9-15)12-20-19(25)16-10-11-18(24)22(21-16)13-14-6-2-1-3-7-14/h1-3,6-7,10-11,15,17,23H,4-5,8-9,12-13H2,(H,20,25). The highest BCUT2D eigenvalue weighted by molar-refractivity contribution is 5.92. The van der Waals surface area contributed by atoms with E-state index in [1.54, 1.807) is 0 Å². The van der Waals surface area contributed by atoms with Crippen molar-refractivity contribution in [3.8, 4) is 0 Å². The highest BCUT2D eigenvalue weighted by atomic mass is 16.3. The maximum atomic E-state index is 12.3. The van der Waals surface area contributed by atoms with Crippen LogP contribution in [0.4, 0.5) is 0 Å². The molecule has 3 rings (SSSR count). The van der Waals surface area contributed by atoms with Gasteiger partial charge in [0.25, 0.3) is 11.5 Å². The van der Waals surface area contributed by atoms with Crippen molar-refractivity contribution in [3.63, 3.8) is 0 Å². The molecule has 1 unspecified atom stereocenters. The summed E-state index contributed by atoms with van der Waals surface area (Å²) in [5, 5.41) is 17.0. The number of benzene rings is 1. The summed E-state index contributed by atoms with van der Waals surface area (Å²) >= 11 is 0. The Morgan fingerprint density at radius 2 is 1.92 bits per heavy atom. The number of carbonyl (C=O) groups excluding carboxylic acids is 1. The van der Waals surface area contributed by atoms with E-state index in [1.807, 2.05) is 30.3 Å². The van der Waals surface area contributed by atoms with E-state index in [9.17, 15) is 14.7 Å². The molecule has 1 aromatic carbocycles. The molecule has 0 bridgehead atoms. The third kappa shape index (κ3) is 4.54. The summed E-state index contributed by atoms with van der Waals surface area (Å²) in [5.41, 5.74) is 0.854. The van der Waals surface area contributed by atoms with E-state index in [-0.39, 0.29) is 29.6 Å².